The van der Waals surface area contributed by atoms with Gasteiger partial charge < -0.3 is 9.88 Å². The number of aromatic nitrogens is 1. The molecule has 1 aliphatic heterocycles. The van der Waals surface area contributed by atoms with Crippen LogP contribution < -0.4 is 0 Å². The van der Waals surface area contributed by atoms with Gasteiger partial charge in [-0.15, -0.1) is 0 Å². The average molecular weight is 320 g/mol. The number of likely N-dealkylation sites (N-methyl/N-ethyl adjacent to an activating group) is 1. The molecule has 2 heterocycles. The third-order valence-corrected chi connectivity index (χ3v) is 6.25. The summed E-state index contributed by atoms with van der Waals surface area (Å²) in [4.78, 5) is 17.3. The molecule has 0 aliphatic carbocycles. The van der Waals surface area contributed by atoms with Crippen LogP contribution in [-0.2, 0) is 21.1 Å². The minimum Gasteiger partial charge on any atom is -0.361 e. The van der Waals surface area contributed by atoms with E-state index in [9.17, 15) is 13.2 Å². The summed E-state index contributed by atoms with van der Waals surface area (Å²) in [6.07, 6.45) is 2.70. The van der Waals surface area contributed by atoms with Gasteiger partial charge in [0, 0.05) is 30.2 Å². The van der Waals surface area contributed by atoms with Gasteiger partial charge in [0.2, 0.25) is 5.91 Å². The Morgan fingerprint density at radius 2 is 2.18 bits per heavy atom. The highest BCUT2D eigenvalue weighted by Gasteiger charge is 2.32. The van der Waals surface area contributed by atoms with Gasteiger partial charge in [0.05, 0.1) is 17.9 Å². The van der Waals surface area contributed by atoms with Crippen LogP contribution in [0.1, 0.15) is 17.5 Å². The van der Waals surface area contributed by atoms with Crippen molar-refractivity contribution in [2.75, 3.05) is 18.6 Å². The standard InChI is InChI=1S/C16H20N2O3S/c1-11-4-3-5-14-12(9-17-16(11)14)8-15(19)18(2)13-6-7-22(20,21)10-13/h3-5,9,13,17H,6-8,10H2,1-2H3. The molecule has 3 rings (SSSR count). The lowest BCUT2D eigenvalue weighted by Gasteiger charge is -2.23. The Morgan fingerprint density at radius 3 is 2.86 bits per heavy atom. The third kappa shape index (κ3) is 2.75. The molecule has 0 saturated carbocycles. The van der Waals surface area contributed by atoms with Crippen LogP contribution in [0.3, 0.4) is 0 Å². The number of para-hydroxylation sites is 1. The minimum absolute atomic E-state index is 0.0375. The van der Waals surface area contributed by atoms with Crippen LogP contribution in [0.15, 0.2) is 24.4 Å². The van der Waals surface area contributed by atoms with E-state index in [2.05, 4.69) is 4.98 Å². The summed E-state index contributed by atoms with van der Waals surface area (Å²) in [5.41, 5.74) is 3.15. The van der Waals surface area contributed by atoms with Crippen molar-refractivity contribution in [2.45, 2.75) is 25.8 Å². The molecule has 0 bridgehead atoms. The van der Waals surface area contributed by atoms with E-state index in [-0.39, 0.29) is 29.9 Å². The fourth-order valence-electron chi connectivity index (χ4n) is 3.08. The number of aryl methyl sites for hydroxylation is 1. The zero-order valence-electron chi connectivity index (χ0n) is 12.8. The van der Waals surface area contributed by atoms with E-state index in [0.717, 1.165) is 22.0 Å². The maximum Gasteiger partial charge on any atom is 0.227 e. The van der Waals surface area contributed by atoms with Gasteiger partial charge in [0.15, 0.2) is 9.84 Å². The van der Waals surface area contributed by atoms with Crippen LogP contribution in [0.25, 0.3) is 10.9 Å². The lowest BCUT2D eigenvalue weighted by molar-refractivity contribution is -0.130. The average Bonchev–Trinajstić information content (AvgIpc) is 3.03. The van der Waals surface area contributed by atoms with Crippen molar-refractivity contribution < 1.29 is 13.2 Å². The molecule has 0 spiro atoms. The summed E-state index contributed by atoms with van der Waals surface area (Å²) in [5.74, 6) is 0.230. The molecule has 1 fully saturated rings. The van der Waals surface area contributed by atoms with E-state index in [1.54, 1.807) is 11.9 Å². The van der Waals surface area contributed by atoms with Crippen LogP contribution in [0.4, 0.5) is 0 Å². The number of aromatic amines is 1. The number of hydrogen-bond acceptors (Lipinski definition) is 3. The molecule has 1 aliphatic rings. The lowest BCUT2D eigenvalue weighted by Crippen LogP contribution is -2.38. The van der Waals surface area contributed by atoms with Crippen molar-refractivity contribution in [1.82, 2.24) is 9.88 Å². The predicted molar refractivity (Wildman–Crippen MR) is 86.6 cm³/mol. The Bertz CT molecular complexity index is 823. The number of fused-ring (bicyclic) bond motifs is 1. The molecule has 2 aromatic rings. The molecule has 1 saturated heterocycles. The van der Waals surface area contributed by atoms with Gasteiger partial charge in [-0.05, 0) is 24.5 Å². The summed E-state index contributed by atoms with van der Waals surface area (Å²) >= 11 is 0. The Morgan fingerprint density at radius 1 is 1.41 bits per heavy atom. The lowest BCUT2D eigenvalue weighted by atomic mass is 10.1. The van der Waals surface area contributed by atoms with Crippen LogP contribution >= 0.6 is 0 Å². The monoisotopic (exact) mass is 320 g/mol. The number of nitrogens with one attached hydrogen (secondary N) is 1. The molecule has 1 N–H and O–H groups in total. The molecule has 1 amide bonds. The highest BCUT2D eigenvalue weighted by Crippen LogP contribution is 2.23. The van der Waals surface area contributed by atoms with E-state index in [4.69, 9.17) is 0 Å². The predicted octanol–water partition coefficient (Wildman–Crippen LogP) is 1.66. The highest BCUT2D eigenvalue weighted by atomic mass is 32.2. The molecule has 1 atom stereocenters. The van der Waals surface area contributed by atoms with Gasteiger partial charge in [-0.2, -0.15) is 0 Å². The molecule has 6 heteroatoms. The number of sulfone groups is 1. The van der Waals surface area contributed by atoms with E-state index in [1.807, 2.05) is 31.3 Å². The van der Waals surface area contributed by atoms with Crippen LogP contribution in [-0.4, -0.2) is 48.8 Å². The summed E-state index contributed by atoms with van der Waals surface area (Å²) in [7, 11) is -1.27. The molecular weight excluding hydrogens is 300 g/mol. The second-order valence-electron chi connectivity index (χ2n) is 6.05. The molecular formula is C16H20N2O3S. The van der Waals surface area contributed by atoms with Gasteiger partial charge >= 0.3 is 0 Å². The van der Waals surface area contributed by atoms with Crippen molar-refractivity contribution in [3.63, 3.8) is 0 Å². The van der Waals surface area contributed by atoms with Crippen LogP contribution in [0.5, 0.6) is 0 Å². The van der Waals surface area contributed by atoms with E-state index >= 15 is 0 Å². The number of H-pyrrole nitrogens is 1. The first-order chi connectivity index (χ1) is 10.4. The fraction of sp³-hybridized carbons (Fsp3) is 0.438. The van der Waals surface area contributed by atoms with Crippen molar-refractivity contribution >= 4 is 26.6 Å². The maximum atomic E-state index is 12.5. The Labute approximate surface area is 130 Å². The minimum atomic E-state index is -2.98. The Kier molecular flexibility index (Phi) is 3.72. The van der Waals surface area contributed by atoms with Gasteiger partial charge in [-0.25, -0.2) is 8.42 Å². The zero-order chi connectivity index (χ0) is 15.9. The number of carbonyl (C=O) groups is 1. The first-order valence-electron chi connectivity index (χ1n) is 7.39. The first kappa shape index (κ1) is 15.1. The molecule has 5 nitrogen and oxygen atoms in total. The van der Waals surface area contributed by atoms with Crippen LogP contribution in [0, 0.1) is 6.92 Å². The Hall–Kier alpha value is -1.82. The molecule has 1 unspecified atom stereocenters. The summed E-state index contributed by atoms with van der Waals surface area (Å²) < 4.78 is 23.1. The molecule has 1 aromatic heterocycles. The molecule has 118 valence electrons. The van der Waals surface area contributed by atoms with Gasteiger partial charge in [0.1, 0.15) is 0 Å². The quantitative estimate of drug-likeness (QED) is 0.935. The molecule has 0 radical (unpaired) electrons. The number of nitrogens with zero attached hydrogens (tertiary/aromatic N) is 1. The molecule has 1 aromatic carbocycles. The van der Waals surface area contributed by atoms with Crippen molar-refractivity contribution in [3.8, 4) is 0 Å². The number of amides is 1. The first-order valence-corrected chi connectivity index (χ1v) is 9.21. The fourth-order valence-corrected chi connectivity index (χ4v) is 4.86. The maximum absolute atomic E-state index is 12.5. The third-order valence-electron chi connectivity index (χ3n) is 4.50. The second kappa shape index (κ2) is 5.43. The SMILES string of the molecule is Cc1cccc2c(CC(=O)N(C)C3CCS(=O)(=O)C3)c[nH]c12. The summed E-state index contributed by atoms with van der Waals surface area (Å²) in [6, 6.07) is 5.82. The smallest absolute Gasteiger partial charge is 0.227 e. The van der Waals surface area contributed by atoms with Crippen LogP contribution in [0.2, 0.25) is 0 Å². The van der Waals surface area contributed by atoms with E-state index in [1.165, 1.54) is 0 Å². The van der Waals surface area contributed by atoms with Gasteiger partial charge in [0.25, 0.3) is 0 Å². The zero-order valence-corrected chi connectivity index (χ0v) is 13.6. The van der Waals surface area contributed by atoms with Crippen molar-refractivity contribution in [3.05, 3.63) is 35.5 Å². The Balaban J connectivity index is 1.77. The van der Waals surface area contributed by atoms with Crippen molar-refractivity contribution in [1.29, 1.82) is 0 Å². The van der Waals surface area contributed by atoms with Crippen molar-refractivity contribution in [2.24, 2.45) is 0 Å². The number of hydrogen-bond donors (Lipinski definition) is 1. The van der Waals surface area contributed by atoms with E-state index in [0.29, 0.717) is 6.42 Å². The number of rotatable bonds is 3. The van der Waals surface area contributed by atoms with Gasteiger partial charge in [-0.1, -0.05) is 18.2 Å². The largest absolute Gasteiger partial charge is 0.361 e. The summed E-state index contributed by atoms with van der Waals surface area (Å²) in [6.45, 7) is 2.03. The topological polar surface area (TPSA) is 70.2 Å². The number of carbonyl (C=O) groups excluding carboxylic acids is 1. The molecule has 22 heavy (non-hydrogen) atoms. The highest BCUT2D eigenvalue weighted by molar-refractivity contribution is 7.91. The van der Waals surface area contributed by atoms with E-state index < -0.39 is 9.84 Å². The van der Waals surface area contributed by atoms with Gasteiger partial charge in [-0.3, -0.25) is 4.79 Å². The second-order valence-corrected chi connectivity index (χ2v) is 8.28. The summed E-state index contributed by atoms with van der Waals surface area (Å²) in [5, 5.41) is 1.06. The number of benzene rings is 1. The normalized spacial score (nSPS) is 20.4.